The highest BCUT2D eigenvalue weighted by Crippen LogP contribution is 2.63. The number of hydrogen-bond donors (Lipinski definition) is 5. The Kier molecular flexibility index (Phi) is 17.8. The van der Waals surface area contributed by atoms with Gasteiger partial charge in [-0.05, 0) is 85.9 Å². The van der Waals surface area contributed by atoms with Gasteiger partial charge in [-0.25, -0.2) is 9.97 Å². The third-order valence-electron chi connectivity index (χ3n) is 18.6. The number of hydrogen-bond acceptors (Lipinski definition) is 16. The zero-order valence-electron chi connectivity index (χ0n) is 52.7. The van der Waals surface area contributed by atoms with Crippen molar-refractivity contribution in [1.29, 1.82) is 0 Å². The van der Waals surface area contributed by atoms with Gasteiger partial charge in [-0.15, -0.1) is 0 Å². The first-order valence-corrected chi connectivity index (χ1v) is 36.0. The Morgan fingerprint density at radius 1 is 0.663 bits per heavy atom. The van der Waals surface area contributed by atoms with Crippen LogP contribution in [-0.4, -0.2) is 119 Å². The van der Waals surface area contributed by atoms with E-state index in [2.05, 4.69) is 108 Å². The number of aliphatic hydroxyl groups is 1. The van der Waals surface area contributed by atoms with Crippen molar-refractivity contribution in [3.05, 3.63) is 105 Å². The smallest absolute Gasteiger partial charge is 0.280 e. The van der Waals surface area contributed by atoms with Gasteiger partial charge in [-0.2, -0.15) is 9.97 Å². The van der Waals surface area contributed by atoms with Crippen LogP contribution in [0, 0.1) is 11.8 Å². The number of H-pyrrole nitrogens is 2. The SMILES string of the molecule is CC[C@@]1(C2(O[Si](C)(C)C(C)(C)C)CC2)O[C@@H](n2cnc3c(=O)[nH]c(NC(=O)C(C)C)nc32)C(=O)C1OCc1ccccc1.CC[C@@]1(C2(O[Si](C)(C)C(C)(C)C)CC2)O[C@@H](n2cnc3c(=O)[nH]c(NC(=O)C(C)C)nc32)[C@@H](O)C1OCc1ccccc1. The van der Waals surface area contributed by atoms with Crippen LogP contribution in [0.4, 0.5) is 11.9 Å². The maximum atomic E-state index is 14.4. The minimum atomic E-state index is -2.28. The summed E-state index contributed by atoms with van der Waals surface area (Å²) < 4.78 is 44.2. The van der Waals surface area contributed by atoms with Gasteiger partial charge >= 0.3 is 0 Å². The molecular weight excluding hydrogens is 1130 g/mol. The molecule has 7 atom stereocenters. The van der Waals surface area contributed by atoms with E-state index in [4.69, 9.17) is 27.8 Å². The van der Waals surface area contributed by atoms with E-state index in [0.717, 1.165) is 36.8 Å². The average molecular weight is 1220 g/mol. The van der Waals surface area contributed by atoms with Crippen molar-refractivity contribution < 1.29 is 47.3 Å². The third-order valence-corrected chi connectivity index (χ3v) is 27.6. The molecule has 2 aliphatic heterocycles. The van der Waals surface area contributed by atoms with Crippen molar-refractivity contribution in [2.24, 2.45) is 11.8 Å². The number of nitrogens with zero attached hydrogens (tertiary/aromatic N) is 6. The van der Waals surface area contributed by atoms with Gasteiger partial charge in [0.25, 0.3) is 11.1 Å². The summed E-state index contributed by atoms with van der Waals surface area (Å²) in [5, 5.41) is 17.2. The summed E-state index contributed by atoms with van der Waals surface area (Å²) in [7, 11) is -4.54. The largest absolute Gasteiger partial charge is 0.408 e. The van der Waals surface area contributed by atoms with Crippen LogP contribution in [0.3, 0.4) is 0 Å². The summed E-state index contributed by atoms with van der Waals surface area (Å²) in [5.74, 6) is -1.55. The fourth-order valence-corrected chi connectivity index (χ4v) is 14.6. The molecule has 2 aromatic carbocycles. The van der Waals surface area contributed by atoms with Crippen molar-refractivity contribution in [1.82, 2.24) is 39.0 Å². The van der Waals surface area contributed by atoms with Gasteiger partial charge in [0.15, 0.2) is 57.5 Å². The van der Waals surface area contributed by atoms with Gasteiger partial charge in [-0.1, -0.05) is 144 Å². The Balaban J connectivity index is 0.000000205. The molecule has 6 aromatic rings. The first kappa shape index (κ1) is 64.4. The molecule has 466 valence electrons. The quantitative estimate of drug-likeness (QED) is 0.0445. The number of fused-ring (bicyclic) bond motifs is 2. The zero-order valence-corrected chi connectivity index (χ0v) is 54.7. The molecule has 5 N–H and O–H groups in total. The number of aliphatic hydroxyl groups excluding tert-OH is 1. The minimum absolute atomic E-state index is 0.00370. The summed E-state index contributed by atoms with van der Waals surface area (Å²) in [6.07, 6.45) is 1.96. The van der Waals surface area contributed by atoms with Gasteiger partial charge in [0.05, 0.1) is 37.1 Å². The molecule has 2 aliphatic carbocycles. The number of amides is 2. The number of ether oxygens (including phenoxy) is 4. The molecule has 4 aromatic heterocycles. The highest BCUT2D eigenvalue weighted by molar-refractivity contribution is 6.74. The molecule has 4 aliphatic rings. The van der Waals surface area contributed by atoms with Crippen LogP contribution in [0.25, 0.3) is 22.3 Å². The molecule has 0 bridgehead atoms. The predicted molar refractivity (Wildman–Crippen MR) is 331 cm³/mol. The number of imidazole rings is 2. The summed E-state index contributed by atoms with van der Waals surface area (Å²) >= 11 is 0. The number of anilines is 2. The standard InChI is InChI=1S/C31H45N5O6Si.C31H43N5O6Si/c2*1-9-31(30(15-16-30)42-43(7,8)29(4,5)6)23(40-17-20-13-11-10-12-14-20)22(37)27(41-31)36-18-32-21-24(36)33-28(35-26(21)39)34-25(38)19(2)3/h10-14,18-19,22-23,27,37H,9,15-17H2,1-8H3,(H2,33,34,35,38,39);10-14,18-19,23,27H,9,15-17H2,1-8H3,(H2,33,34,35,38,39)/t22-,23?,27+,31+;23?,27-,31-/m01/s1. The molecule has 0 spiro atoms. The molecule has 2 saturated heterocycles. The second-order valence-corrected chi connectivity index (χ2v) is 36.7. The lowest BCUT2D eigenvalue weighted by molar-refractivity contribution is -0.184. The molecule has 6 heterocycles. The molecule has 2 amide bonds. The first-order chi connectivity index (χ1) is 40.3. The summed E-state index contributed by atoms with van der Waals surface area (Å²) in [6.45, 7) is 33.6. The molecule has 22 nitrogen and oxygen atoms in total. The Morgan fingerprint density at radius 2 is 1.08 bits per heavy atom. The van der Waals surface area contributed by atoms with E-state index in [-0.39, 0.29) is 86.9 Å². The average Bonchev–Trinajstić information content (AvgIpc) is 1.59. The number of rotatable bonds is 20. The van der Waals surface area contributed by atoms with E-state index in [0.29, 0.717) is 12.8 Å². The van der Waals surface area contributed by atoms with Crippen LogP contribution in [0.1, 0.15) is 145 Å². The molecule has 86 heavy (non-hydrogen) atoms. The van der Waals surface area contributed by atoms with Crippen molar-refractivity contribution in [2.45, 2.75) is 224 Å². The number of nitrogens with one attached hydrogen (secondary N) is 4. The monoisotopic (exact) mass is 1220 g/mol. The Labute approximate surface area is 504 Å². The van der Waals surface area contributed by atoms with E-state index < -0.39 is 80.9 Å². The number of aromatic nitrogens is 8. The first-order valence-electron chi connectivity index (χ1n) is 30.1. The lowest BCUT2D eigenvalue weighted by Gasteiger charge is -2.47. The number of carbonyl (C=O) groups is 3. The molecule has 2 unspecified atom stereocenters. The second kappa shape index (κ2) is 23.8. The van der Waals surface area contributed by atoms with Crippen molar-refractivity contribution in [3.8, 4) is 0 Å². The Bertz CT molecular complexity index is 3560. The molecule has 0 radical (unpaired) electrons. The van der Waals surface area contributed by atoms with Crippen LogP contribution in [0.2, 0.25) is 36.3 Å². The second-order valence-electron chi connectivity index (χ2n) is 27.2. The minimum Gasteiger partial charge on any atom is -0.408 e. The van der Waals surface area contributed by atoms with Gasteiger partial charge in [0.1, 0.15) is 23.4 Å². The van der Waals surface area contributed by atoms with E-state index in [1.807, 2.05) is 74.5 Å². The van der Waals surface area contributed by atoms with Crippen molar-refractivity contribution in [3.63, 3.8) is 0 Å². The van der Waals surface area contributed by atoms with Gasteiger partial charge in [-0.3, -0.25) is 53.7 Å². The van der Waals surface area contributed by atoms with E-state index in [9.17, 15) is 29.1 Å². The highest BCUT2D eigenvalue weighted by atomic mass is 28.4. The fraction of sp³-hybridized carbons (Fsp3) is 0.597. The number of benzene rings is 2. The summed E-state index contributed by atoms with van der Waals surface area (Å²) in [4.78, 5) is 87.6. The lowest BCUT2D eigenvalue weighted by Crippen LogP contribution is -2.60. The van der Waals surface area contributed by atoms with Crippen LogP contribution < -0.4 is 21.8 Å². The number of ketones is 1. The molecule has 4 fully saturated rings. The van der Waals surface area contributed by atoms with Gasteiger partial charge in [0.2, 0.25) is 29.5 Å². The van der Waals surface area contributed by atoms with Gasteiger partial charge in [0, 0.05) is 11.8 Å². The Hall–Kier alpha value is -6.10. The highest BCUT2D eigenvalue weighted by Gasteiger charge is 2.74. The van der Waals surface area contributed by atoms with Crippen molar-refractivity contribution in [2.75, 3.05) is 10.6 Å². The summed E-state index contributed by atoms with van der Waals surface area (Å²) in [6, 6.07) is 19.5. The predicted octanol–water partition coefficient (Wildman–Crippen LogP) is 9.99. The fourth-order valence-electron chi connectivity index (χ4n) is 11.3. The molecule has 2 saturated carbocycles. The maximum absolute atomic E-state index is 14.4. The van der Waals surface area contributed by atoms with Crippen molar-refractivity contribution >= 4 is 68.5 Å². The van der Waals surface area contributed by atoms with E-state index >= 15 is 0 Å². The van der Waals surface area contributed by atoms with Crippen LogP contribution in [-0.2, 0) is 55.4 Å². The molecule has 10 rings (SSSR count). The Morgan fingerprint density at radius 3 is 1.50 bits per heavy atom. The summed E-state index contributed by atoms with van der Waals surface area (Å²) in [5.41, 5.74) is -2.09. The topological polar surface area (TPSA) is 278 Å². The van der Waals surface area contributed by atoms with Crippen LogP contribution >= 0.6 is 0 Å². The lowest BCUT2D eigenvalue weighted by atomic mass is 9.84. The number of Topliss-reactive ketones (excluding diaryl/α,β-unsaturated/α-hetero) is 1. The van der Waals surface area contributed by atoms with Crippen LogP contribution in [0.5, 0.6) is 0 Å². The molecule has 24 heteroatoms. The molecular formula is C62H88N10O12Si2. The van der Waals surface area contributed by atoms with Gasteiger partial charge < -0.3 is 32.9 Å². The van der Waals surface area contributed by atoms with E-state index in [1.165, 1.54) is 17.2 Å². The third kappa shape index (κ3) is 12.0. The van der Waals surface area contributed by atoms with Crippen LogP contribution in [0.15, 0.2) is 82.9 Å². The van der Waals surface area contributed by atoms with E-state index in [1.54, 1.807) is 32.3 Å². The number of aromatic amines is 2. The number of carbonyl (C=O) groups excluding carboxylic acids is 3. The normalized spacial score (nSPS) is 24.5. The maximum Gasteiger partial charge on any atom is 0.280 e. The zero-order chi connectivity index (χ0) is 62.7.